The Hall–Kier alpha value is -4.20. The topological polar surface area (TPSA) is 79.4 Å². The van der Waals surface area contributed by atoms with Gasteiger partial charge in [-0.05, 0) is 60.7 Å². The van der Waals surface area contributed by atoms with Crippen molar-refractivity contribution in [3.8, 4) is 17.0 Å². The Balaban J connectivity index is 1.60. The van der Waals surface area contributed by atoms with Crippen molar-refractivity contribution in [1.29, 1.82) is 0 Å². The number of methoxy groups -OCH3 is 1. The van der Waals surface area contributed by atoms with E-state index in [0.717, 1.165) is 34.0 Å². The molecule has 0 aliphatic rings. The van der Waals surface area contributed by atoms with Crippen LogP contribution in [0, 0.1) is 0 Å². The highest BCUT2D eigenvalue weighted by Crippen LogP contribution is 2.24. The number of ether oxygens (including phenoxy) is 1. The zero-order valence-corrected chi connectivity index (χ0v) is 16.7. The number of aromatic nitrogens is 3. The zero-order chi connectivity index (χ0) is 20.9. The first-order valence-corrected chi connectivity index (χ1v) is 9.27. The fraction of sp³-hybridized carbons (Fsp3) is 0.0909. The fourth-order valence-corrected chi connectivity index (χ4v) is 3.06. The van der Waals surface area contributed by atoms with E-state index in [-0.39, 0.29) is 0 Å². The number of hydrogen-bond acceptors (Lipinski definition) is 6. The lowest BCUT2D eigenvalue weighted by Gasteiger charge is -2.12. The molecule has 0 spiro atoms. The SMILES string of the molecule is C=NN(C=NC)c1ccc(Nc2nc3cccc(-c4ccc(OC)cc4)n3n2)cc1. The van der Waals surface area contributed by atoms with Crippen LogP contribution in [-0.2, 0) is 0 Å². The van der Waals surface area contributed by atoms with E-state index < -0.39 is 0 Å². The lowest BCUT2D eigenvalue weighted by molar-refractivity contribution is 0.415. The van der Waals surface area contributed by atoms with Gasteiger partial charge in [-0.25, -0.2) is 9.52 Å². The van der Waals surface area contributed by atoms with Gasteiger partial charge in [0.25, 0.3) is 0 Å². The molecule has 8 heteroatoms. The highest BCUT2D eigenvalue weighted by atomic mass is 16.5. The molecule has 0 fully saturated rings. The summed E-state index contributed by atoms with van der Waals surface area (Å²) in [6.45, 7) is 3.55. The van der Waals surface area contributed by atoms with Crippen LogP contribution in [0.15, 0.2) is 76.8 Å². The van der Waals surface area contributed by atoms with E-state index >= 15 is 0 Å². The van der Waals surface area contributed by atoms with Gasteiger partial charge in [0.05, 0.1) is 18.5 Å². The first kappa shape index (κ1) is 19.1. The summed E-state index contributed by atoms with van der Waals surface area (Å²) >= 11 is 0. The molecule has 0 saturated carbocycles. The molecule has 2 aromatic heterocycles. The second-order valence-corrected chi connectivity index (χ2v) is 6.38. The molecule has 2 aromatic carbocycles. The summed E-state index contributed by atoms with van der Waals surface area (Å²) in [6, 6.07) is 21.4. The summed E-state index contributed by atoms with van der Waals surface area (Å²) in [5, 5.41) is 13.4. The van der Waals surface area contributed by atoms with Crippen molar-refractivity contribution >= 4 is 36.0 Å². The number of anilines is 3. The van der Waals surface area contributed by atoms with E-state index in [1.54, 1.807) is 25.5 Å². The van der Waals surface area contributed by atoms with Crippen molar-refractivity contribution < 1.29 is 4.74 Å². The molecule has 0 atom stereocenters. The number of nitrogens with zero attached hydrogens (tertiary/aromatic N) is 6. The normalized spacial score (nSPS) is 11.0. The number of benzene rings is 2. The molecule has 0 radical (unpaired) electrons. The molecule has 0 aliphatic heterocycles. The highest BCUT2D eigenvalue weighted by Gasteiger charge is 2.10. The number of fused-ring (bicyclic) bond motifs is 1. The van der Waals surface area contributed by atoms with E-state index in [0.29, 0.717) is 5.95 Å². The third kappa shape index (κ3) is 3.83. The molecule has 0 aliphatic carbocycles. The molecule has 1 N–H and O–H groups in total. The van der Waals surface area contributed by atoms with Gasteiger partial charge in [0.1, 0.15) is 12.1 Å². The Kier molecular flexibility index (Phi) is 5.38. The minimum Gasteiger partial charge on any atom is -0.497 e. The monoisotopic (exact) mass is 399 g/mol. The molecule has 0 bridgehead atoms. The Labute approximate surface area is 174 Å². The predicted molar refractivity (Wildman–Crippen MR) is 121 cm³/mol. The minimum atomic E-state index is 0.512. The van der Waals surface area contributed by atoms with Gasteiger partial charge in [-0.1, -0.05) is 6.07 Å². The quantitative estimate of drug-likeness (QED) is 0.286. The van der Waals surface area contributed by atoms with E-state index in [1.807, 2.05) is 71.2 Å². The van der Waals surface area contributed by atoms with Crippen LogP contribution in [0.1, 0.15) is 0 Å². The predicted octanol–water partition coefficient (Wildman–Crippen LogP) is 4.23. The van der Waals surface area contributed by atoms with Crippen molar-refractivity contribution in [2.24, 2.45) is 10.1 Å². The fourth-order valence-electron chi connectivity index (χ4n) is 3.06. The van der Waals surface area contributed by atoms with Crippen LogP contribution in [-0.4, -0.2) is 41.8 Å². The maximum Gasteiger partial charge on any atom is 0.247 e. The average Bonchev–Trinajstić information content (AvgIpc) is 3.20. The maximum absolute atomic E-state index is 5.24. The number of pyridine rings is 1. The Bertz CT molecular complexity index is 1180. The molecular weight excluding hydrogens is 378 g/mol. The van der Waals surface area contributed by atoms with Gasteiger partial charge < -0.3 is 10.1 Å². The van der Waals surface area contributed by atoms with Crippen molar-refractivity contribution in [3.05, 3.63) is 66.7 Å². The molecule has 30 heavy (non-hydrogen) atoms. The van der Waals surface area contributed by atoms with Crippen molar-refractivity contribution in [2.45, 2.75) is 0 Å². The standard InChI is InChI=1S/C22H21N7O/c1-23-15-28(24-2)18-11-9-17(10-12-18)25-22-26-21-6-4-5-20(29(21)27-22)16-7-13-19(30-3)14-8-16/h4-15H,2H2,1,3H3,(H,25,27). The molecule has 0 amide bonds. The van der Waals surface area contributed by atoms with E-state index in [1.165, 1.54) is 0 Å². The van der Waals surface area contributed by atoms with Crippen LogP contribution in [0.4, 0.5) is 17.3 Å². The van der Waals surface area contributed by atoms with E-state index in [4.69, 9.17) is 4.74 Å². The lowest BCUT2D eigenvalue weighted by atomic mass is 10.1. The van der Waals surface area contributed by atoms with Crippen LogP contribution in [0.25, 0.3) is 16.9 Å². The highest BCUT2D eigenvalue weighted by molar-refractivity contribution is 5.79. The van der Waals surface area contributed by atoms with Gasteiger partial charge in [-0.2, -0.15) is 10.1 Å². The van der Waals surface area contributed by atoms with Gasteiger partial charge >= 0.3 is 0 Å². The Morgan fingerprint density at radius 3 is 2.50 bits per heavy atom. The van der Waals surface area contributed by atoms with E-state index in [2.05, 4.69) is 32.2 Å². The van der Waals surface area contributed by atoms with Crippen molar-refractivity contribution in [3.63, 3.8) is 0 Å². The second-order valence-electron chi connectivity index (χ2n) is 6.38. The first-order chi connectivity index (χ1) is 14.7. The van der Waals surface area contributed by atoms with Crippen LogP contribution in [0.2, 0.25) is 0 Å². The summed E-state index contributed by atoms with van der Waals surface area (Å²) in [6.07, 6.45) is 1.60. The van der Waals surface area contributed by atoms with Gasteiger partial charge in [-0.3, -0.25) is 4.99 Å². The van der Waals surface area contributed by atoms with Gasteiger partial charge in [0.2, 0.25) is 5.95 Å². The summed E-state index contributed by atoms with van der Waals surface area (Å²) in [5.41, 5.74) is 4.43. The van der Waals surface area contributed by atoms with Crippen LogP contribution < -0.4 is 15.1 Å². The summed E-state index contributed by atoms with van der Waals surface area (Å²) in [4.78, 5) is 8.55. The molecule has 0 unspecified atom stereocenters. The largest absolute Gasteiger partial charge is 0.497 e. The third-order valence-corrected chi connectivity index (χ3v) is 4.51. The lowest BCUT2D eigenvalue weighted by Crippen LogP contribution is -2.12. The molecule has 4 rings (SSSR count). The van der Waals surface area contributed by atoms with Gasteiger partial charge in [0, 0.05) is 25.0 Å². The Morgan fingerprint density at radius 1 is 1.07 bits per heavy atom. The van der Waals surface area contributed by atoms with Crippen molar-refractivity contribution in [1.82, 2.24) is 14.6 Å². The average molecular weight is 399 g/mol. The molecule has 2 heterocycles. The number of rotatable bonds is 7. The van der Waals surface area contributed by atoms with Crippen LogP contribution >= 0.6 is 0 Å². The van der Waals surface area contributed by atoms with Crippen molar-refractivity contribution in [2.75, 3.05) is 24.5 Å². The maximum atomic E-state index is 5.24. The number of hydrazone groups is 1. The molecule has 0 saturated heterocycles. The van der Waals surface area contributed by atoms with Gasteiger partial charge in [0.15, 0.2) is 5.65 Å². The summed E-state index contributed by atoms with van der Waals surface area (Å²) < 4.78 is 7.06. The first-order valence-electron chi connectivity index (χ1n) is 9.27. The molecular formula is C22H21N7O. The zero-order valence-electron chi connectivity index (χ0n) is 16.7. The van der Waals surface area contributed by atoms with Crippen LogP contribution in [0.3, 0.4) is 0 Å². The summed E-state index contributed by atoms with van der Waals surface area (Å²) in [7, 11) is 3.34. The summed E-state index contributed by atoms with van der Waals surface area (Å²) in [5.74, 6) is 1.32. The Morgan fingerprint density at radius 2 is 1.83 bits per heavy atom. The van der Waals surface area contributed by atoms with Gasteiger partial charge in [-0.15, -0.1) is 5.10 Å². The van der Waals surface area contributed by atoms with E-state index in [9.17, 15) is 0 Å². The third-order valence-electron chi connectivity index (χ3n) is 4.51. The smallest absolute Gasteiger partial charge is 0.247 e. The molecule has 4 aromatic rings. The second kappa shape index (κ2) is 8.44. The molecule has 150 valence electrons. The number of hydrogen-bond donors (Lipinski definition) is 1. The number of aliphatic imine (C=N–C) groups is 1. The molecule has 8 nitrogen and oxygen atoms in total. The van der Waals surface area contributed by atoms with Crippen LogP contribution in [0.5, 0.6) is 5.75 Å². The minimum absolute atomic E-state index is 0.512. The number of nitrogens with one attached hydrogen (secondary N) is 1.